The number of hydrogen-bond donors (Lipinski definition) is 1. The first-order valence-electron chi connectivity index (χ1n) is 5.25. The molecule has 0 fully saturated rings. The molecule has 1 nitrogen and oxygen atoms in total. The average Bonchev–Trinajstić information content (AvgIpc) is 2.20. The van der Waals surface area contributed by atoms with Crippen LogP contribution >= 0.6 is 34.2 Å². The van der Waals surface area contributed by atoms with Crippen LogP contribution in [0.5, 0.6) is 0 Å². The minimum atomic E-state index is 0.872. The van der Waals surface area contributed by atoms with Crippen LogP contribution in [-0.4, -0.2) is 11.0 Å². The topological polar surface area (TPSA) is 12.0 Å². The fourth-order valence-corrected chi connectivity index (χ4v) is 2.20. The van der Waals surface area contributed by atoms with Gasteiger partial charge in [0.1, 0.15) is 0 Å². The van der Waals surface area contributed by atoms with Crippen molar-refractivity contribution in [2.24, 2.45) is 0 Å². The lowest BCUT2D eigenvalue weighted by Crippen LogP contribution is -2.15. The number of aryl methyl sites for hydroxylation is 1. The maximum atomic E-state index is 6.13. The van der Waals surface area contributed by atoms with E-state index in [1.807, 2.05) is 6.07 Å². The molecule has 84 valence electrons. The molecule has 0 bridgehead atoms. The Morgan fingerprint density at radius 3 is 2.80 bits per heavy atom. The molecular weight excluding hydrogens is 320 g/mol. The summed E-state index contributed by atoms with van der Waals surface area (Å²) in [5, 5.41) is 4.28. The summed E-state index contributed by atoms with van der Waals surface area (Å²) in [5.41, 5.74) is 2.41. The Kier molecular flexibility index (Phi) is 6.61. The maximum Gasteiger partial charge on any atom is 0.0453 e. The number of hydrogen-bond acceptors (Lipinski definition) is 1. The van der Waals surface area contributed by atoms with Crippen LogP contribution in [0.4, 0.5) is 0 Å². The van der Waals surface area contributed by atoms with Crippen molar-refractivity contribution in [3.63, 3.8) is 0 Å². The Hall–Kier alpha value is 0.200. The molecule has 1 aromatic rings. The number of unbranched alkanes of at least 4 members (excludes halogenated alkanes) is 1. The SMILES string of the molecule is Cc1ccc(CNCCCCI)c(Cl)c1. The second-order valence-electron chi connectivity index (χ2n) is 3.67. The van der Waals surface area contributed by atoms with E-state index in [4.69, 9.17) is 11.6 Å². The highest BCUT2D eigenvalue weighted by atomic mass is 127. The number of nitrogens with one attached hydrogen (secondary N) is 1. The zero-order valence-electron chi connectivity index (χ0n) is 9.02. The van der Waals surface area contributed by atoms with Crippen LogP contribution in [0.1, 0.15) is 24.0 Å². The van der Waals surface area contributed by atoms with E-state index in [-0.39, 0.29) is 0 Å². The Bertz CT molecular complexity index is 302. The molecule has 1 N–H and O–H groups in total. The van der Waals surface area contributed by atoms with E-state index in [1.54, 1.807) is 0 Å². The van der Waals surface area contributed by atoms with E-state index >= 15 is 0 Å². The summed E-state index contributed by atoms with van der Waals surface area (Å²) in [6.45, 7) is 4.01. The van der Waals surface area contributed by atoms with Gasteiger partial charge in [0, 0.05) is 11.6 Å². The normalized spacial score (nSPS) is 10.6. The van der Waals surface area contributed by atoms with Crippen LogP contribution in [0, 0.1) is 6.92 Å². The molecule has 1 aromatic carbocycles. The van der Waals surface area contributed by atoms with Crippen LogP contribution in [-0.2, 0) is 6.54 Å². The number of alkyl halides is 1. The fraction of sp³-hybridized carbons (Fsp3) is 0.500. The Labute approximate surface area is 111 Å². The monoisotopic (exact) mass is 337 g/mol. The van der Waals surface area contributed by atoms with Crippen molar-refractivity contribution in [2.45, 2.75) is 26.3 Å². The number of rotatable bonds is 6. The molecule has 0 radical (unpaired) electrons. The van der Waals surface area contributed by atoms with E-state index in [2.05, 4.69) is 47.0 Å². The van der Waals surface area contributed by atoms with Gasteiger partial charge in [0.2, 0.25) is 0 Å². The molecule has 0 saturated carbocycles. The minimum Gasteiger partial charge on any atom is -0.313 e. The minimum absolute atomic E-state index is 0.872. The summed E-state index contributed by atoms with van der Waals surface area (Å²) in [6, 6.07) is 6.22. The van der Waals surface area contributed by atoms with Gasteiger partial charge in [-0.1, -0.05) is 46.3 Å². The Balaban J connectivity index is 2.31. The van der Waals surface area contributed by atoms with E-state index in [0.717, 1.165) is 18.1 Å². The molecule has 15 heavy (non-hydrogen) atoms. The summed E-state index contributed by atoms with van der Waals surface area (Å²) in [4.78, 5) is 0. The first-order valence-corrected chi connectivity index (χ1v) is 7.16. The Morgan fingerprint density at radius 2 is 2.13 bits per heavy atom. The third kappa shape index (κ3) is 5.18. The lowest BCUT2D eigenvalue weighted by atomic mass is 10.1. The summed E-state index contributed by atoms with van der Waals surface area (Å²) < 4.78 is 1.24. The maximum absolute atomic E-state index is 6.13. The van der Waals surface area contributed by atoms with Gasteiger partial charge in [0.05, 0.1) is 0 Å². The van der Waals surface area contributed by atoms with E-state index in [0.29, 0.717) is 0 Å². The highest BCUT2D eigenvalue weighted by Gasteiger charge is 1.99. The standard InChI is InChI=1S/C12H17ClIN/c1-10-4-5-11(12(13)8-10)9-15-7-3-2-6-14/h4-5,8,15H,2-3,6-7,9H2,1H3. The molecule has 0 unspecified atom stereocenters. The summed E-state index contributed by atoms with van der Waals surface area (Å²) in [6.07, 6.45) is 2.53. The van der Waals surface area contributed by atoms with Crippen molar-refractivity contribution in [3.8, 4) is 0 Å². The molecule has 0 aliphatic heterocycles. The molecule has 0 spiro atoms. The van der Waals surface area contributed by atoms with Crippen molar-refractivity contribution >= 4 is 34.2 Å². The van der Waals surface area contributed by atoms with Crippen molar-refractivity contribution < 1.29 is 0 Å². The zero-order chi connectivity index (χ0) is 11.1. The predicted octanol–water partition coefficient (Wildman–Crippen LogP) is 3.95. The smallest absolute Gasteiger partial charge is 0.0453 e. The first-order chi connectivity index (χ1) is 7.24. The van der Waals surface area contributed by atoms with Gasteiger partial charge in [-0.25, -0.2) is 0 Å². The molecule has 0 heterocycles. The third-order valence-electron chi connectivity index (χ3n) is 2.26. The third-order valence-corrected chi connectivity index (χ3v) is 3.38. The van der Waals surface area contributed by atoms with Gasteiger partial charge in [-0.3, -0.25) is 0 Å². The van der Waals surface area contributed by atoms with Crippen molar-refractivity contribution in [1.82, 2.24) is 5.32 Å². The molecule has 1 rings (SSSR count). The highest BCUT2D eigenvalue weighted by Crippen LogP contribution is 2.17. The fourth-order valence-electron chi connectivity index (χ4n) is 1.36. The second-order valence-corrected chi connectivity index (χ2v) is 5.15. The molecular formula is C12H17ClIN. The van der Waals surface area contributed by atoms with Crippen molar-refractivity contribution in [2.75, 3.05) is 11.0 Å². The van der Waals surface area contributed by atoms with Crippen LogP contribution in [0.2, 0.25) is 5.02 Å². The molecule has 3 heteroatoms. The molecule has 0 aromatic heterocycles. The van der Waals surface area contributed by atoms with Gasteiger partial charge < -0.3 is 5.32 Å². The second kappa shape index (κ2) is 7.47. The average molecular weight is 338 g/mol. The van der Waals surface area contributed by atoms with Crippen LogP contribution < -0.4 is 5.32 Å². The largest absolute Gasteiger partial charge is 0.313 e. The quantitative estimate of drug-likeness (QED) is 0.471. The molecule has 0 amide bonds. The first kappa shape index (κ1) is 13.3. The predicted molar refractivity (Wildman–Crippen MR) is 76.0 cm³/mol. The van der Waals surface area contributed by atoms with Gasteiger partial charge in [0.25, 0.3) is 0 Å². The van der Waals surface area contributed by atoms with Crippen molar-refractivity contribution in [3.05, 3.63) is 34.3 Å². The van der Waals surface area contributed by atoms with Crippen molar-refractivity contribution in [1.29, 1.82) is 0 Å². The van der Waals surface area contributed by atoms with E-state index in [1.165, 1.54) is 28.4 Å². The molecule has 0 aliphatic rings. The van der Waals surface area contributed by atoms with Crippen LogP contribution in [0.3, 0.4) is 0 Å². The molecule has 0 saturated heterocycles. The molecule has 0 aliphatic carbocycles. The number of halogens is 2. The van der Waals surface area contributed by atoms with Gasteiger partial charge in [-0.05, 0) is 47.9 Å². The number of benzene rings is 1. The highest BCUT2D eigenvalue weighted by molar-refractivity contribution is 14.1. The zero-order valence-corrected chi connectivity index (χ0v) is 11.9. The van der Waals surface area contributed by atoms with Crippen LogP contribution in [0.15, 0.2) is 18.2 Å². The summed E-state index contributed by atoms with van der Waals surface area (Å²) in [7, 11) is 0. The Morgan fingerprint density at radius 1 is 1.33 bits per heavy atom. The summed E-state index contributed by atoms with van der Waals surface area (Å²) in [5.74, 6) is 0. The van der Waals surface area contributed by atoms with Gasteiger partial charge in [-0.2, -0.15) is 0 Å². The van der Waals surface area contributed by atoms with Crippen LogP contribution in [0.25, 0.3) is 0 Å². The lowest BCUT2D eigenvalue weighted by Gasteiger charge is -2.06. The lowest BCUT2D eigenvalue weighted by molar-refractivity contribution is 0.646. The van der Waals surface area contributed by atoms with E-state index in [9.17, 15) is 0 Å². The molecule has 0 atom stereocenters. The summed E-state index contributed by atoms with van der Waals surface area (Å²) >= 11 is 8.54. The van der Waals surface area contributed by atoms with Gasteiger partial charge in [-0.15, -0.1) is 0 Å². The van der Waals surface area contributed by atoms with E-state index < -0.39 is 0 Å². The van der Waals surface area contributed by atoms with Gasteiger partial charge in [0.15, 0.2) is 0 Å². The van der Waals surface area contributed by atoms with Gasteiger partial charge >= 0.3 is 0 Å².